The Hall–Kier alpha value is -1.88. The molecule has 128 valence electrons. The number of carbonyl (C=O) groups excluding carboxylic acids is 1. The molecule has 0 aliphatic carbocycles. The highest BCUT2D eigenvalue weighted by molar-refractivity contribution is 5.90. The molecule has 2 unspecified atom stereocenters. The van der Waals surface area contributed by atoms with E-state index in [9.17, 15) is 9.59 Å². The molecule has 1 aromatic rings. The second-order valence-corrected chi connectivity index (χ2v) is 6.29. The maximum atomic E-state index is 11.9. The van der Waals surface area contributed by atoms with Crippen LogP contribution in [0.1, 0.15) is 52.0 Å². The zero-order valence-corrected chi connectivity index (χ0v) is 14.3. The molecule has 23 heavy (non-hydrogen) atoms. The van der Waals surface area contributed by atoms with Crippen molar-refractivity contribution in [2.45, 2.75) is 52.6 Å². The van der Waals surface area contributed by atoms with Gasteiger partial charge in [0.15, 0.2) is 0 Å². The second kappa shape index (κ2) is 9.30. The number of hydrogen-bond donors (Lipinski definition) is 2. The first kappa shape index (κ1) is 19.2. The van der Waals surface area contributed by atoms with Gasteiger partial charge in [-0.2, -0.15) is 0 Å². The van der Waals surface area contributed by atoms with Gasteiger partial charge in [0, 0.05) is 5.69 Å². The van der Waals surface area contributed by atoms with Crippen LogP contribution in [0.5, 0.6) is 0 Å². The molecule has 0 saturated heterocycles. The van der Waals surface area contributed by atoms with Gasteiger partial charge in [0.25, 0.3) is 0 Å². The van der Waals surface area contributed by atoms with Gasteiger partial charge in [-0.05, 0) is 43.9 Å². The van der Waals surface area contributed by atoms with Gasteiger partial charge in [-0.15, -0.1) is 0 Å². The Kier molecular flexibility index (Phi) is 7.75. The molecule has 0 aliphatic heterocycles. The molecule has 0 spiro atoms. The number of nitrogens with one attached hydrogen (secondary N) is 1. The molecule has 2 N–H and O–H groups in total. The van der Waals surface area contributed by atoms with E-state index < -0.39 is 11.9 Å². The number of ether oxygens (including phenoxy) is 1. The molecule has 0 fully saturated rings. The molecule has 1 aromatic carbocycles. The van der Waals surface area contributed by atoms with E-state index in [2.05, 4.69) is 19.2 Å². The Balaban J connectivity index is 2.38. The zero-order chi connectivity index (χ0) is 17.4. The van der Waals surface area contributed by atoms with Gasteiger partial charge in [0.05, 0.1) is 25.0 Å². The first-order chi connectivity index (χ1) is 10.8. The minimum atomic E-state index is -0.866. The third-order valence-electron chi connectivity index (χ3n) is 3.60. The minimum absolute atomic E-state index is 0.110. The van der Waals surface area contributed by atoms with Crippen LogP contribution in [0, 0.1) is 5.92 Å². The lowest BCUT2D eigenvalue weighted by atomic mass is 10.0. The summed E-state index contributed by atoms with van der Waals surface area (Å²) >= 11 is 0. The van der Waals surface area contributed by atoms with Crippen molar-refractivity contribution in [2.24, 2.45) is 5.92 Å². The van der Waals surface area contributed by atoms with Gasteiger partial charge in [-0.25, -0.2) is 0 Å². The van der Waals surface area contributed by atoms with E-state index in [1.807, 2.05) is 6.92 Å². The van der Waals surface area contributed by atoms with Crippen LogP contribution in [0.4, 0.5) is 5.69 Å². The summed E-state index contributed by atoms with van der Waals surface area (Å²) in [5, 5.41) is 11.7. The van der Waals surface area contributed by atoms with Crippen molar-refractivity contribution >= 4 is 17.6 Å². The number of carboxylic acids is 1. The van der Waals surface area contributed by atoms with E-state index in [0.29, 0.717) is 30.2 Å². The largest absolute Gasteiger partial charge is 0.481 e. The number of aliphatic carboxylic acids is 1. The summed E-state index contributed by atoms with van der Waals surface area (Å²) in [6, 6.07) is 6.87. The van der Waals surface area contributed by atoms with E-state index in [1.165, 1.54) is 0 Å². The average Bonchev–Trinajstić information content (AvgIpc) is 2.46. The molecule has 1 rings (SSSR count). The normalized spacial score (nSPS) is 13.6. The van der Waals surface area contributed by atoms with Crippen molar-refractivity contribution in [1.82, 2.24) is 0 Å². The number of amides is 1. The van der Waals surface area contributed by atoms with Crippen molar-refractivity contribution in [3.05, 3.63) is 29.8 Å². The summed E-state index contributed by atoms with van der Waals surface area (Å²) in [6.45, 7) is 8.32. The van der Waals surface area contributed by atoms with Gasteiger partial charge < -0.3 is 15.2 Å². The summed E-state index contributed by atoms with van der Waals surface area (Å²) in [5.74, 6) is -0.962. The van der Waals surface area contributed by atoms with Gasteiger partial charge in [0.2, 0.25) is 5.91 Å². The summed E-state index contributed by atoms with van der Waals surface area (Å²) < 4.78 is 5.61. The number of carbonyl (C=O) groups is 2. The monoisotopic (exact) mass is 321 g/mol. The lowest BCUT2D eigenvalue weighted by Gasteiger charge is -2.15. The summed E-state index contributed by atoms with van der Waals surface area (Å²) in [6.07, 6.45) is 1.43. The number of rotatable bonds is 9. The minimum Gasteiger partial charge on any atom is -0.481 e. The molecule has 5 heteroatoms. The molecule has 0 aromatic heterocycles. The molecule has 0 radical (unpaired) electrons. The molecule has 2 atom stereocenters. The fourth-order valence-electron chi connectivity index (χ4n) is 2.31. The first-order valence-electron chi connectivity index (χ1n) is 8.03. The smallest absolute Gasteiger partial charge is 0.310 e. The van der Waals surface area contributed by atoms with E-state index in [4.69, 9.17) is 9.84 Å². The lowest BCUT2D eigenvalue weighted by Crippen LogP contribution is -2.18. The van der Waals surface area contributed by atoms with Crippen molar-refractivity contribution in [2.75, 3.05) is 11.9 Å². The highest BCUT2D eigenvalue weighted by atomic mass is 16.5. The topological polar surface area (TPSA) is 75.6 Å². The van der Waals surface area contributed by atoms with Gasteiger partial charge in [-0.3, -0.25) is 9.59 Å². The lowest BCUT2D eigenvalue weighted by molar-refractivity contribution is -0.138. The standard InChI is InChI=1S/C18H27NO4/c1-12(2)11-13(3)23-10-9-17(20)19-16-7-5-15(6-8-16)14(4)18(21)22/h5-8,12-14H,9-11H2,1-4H3,(H,19,20)(H,21,22). The van der Waals surface area contributed by atoms with Crippen LogP contribution < -0.4 is 5.32 Å². The summed E-state index contributed by atoms with van der Waals surface area (Å²) in [5.41, 5.74) is 1.37. The molecule has 0 heterocycles. The van der Waals surface area contributed by atoms with Gasteiger partial charge in [0.1, 0.15) is 0 Å². The quantitative estimate of drug-likeness (QED) is 0.728. The Bertz CT molecular complexity index is 510. The van der Waals surface area contributed by atoms with Crippen molar-refractivity contribution in [3.8, 4) is 0 Å². The Morgan fingerprint density at radius 2 is 1.74 bits per heavy atom. The Morgan fingerprint density at radius 1 is 1.13 bits per heavy atom. The van der Waals surface area contributed by atoms with Crippen molar-refractivity contribution in [3.63, 3.8) is 0 Å². The fraction of sp³-hybridized carbons (Fsp3) is 0.556. The summed E-state index contributed by atoms with van der Waals surface area (Å²) in [4.78, 5) is 22.8. The molecular weight excluding hydrogens is 294 g/mol. The highest BCUT2D eigenvalue weighted by Gasteiger charge is 2.13. The van der Waals surface area contributed by atoms with E-state index in [-0.39, 0.29) is 12.0 Å². The van der Waals surface area contributed by atoms with Gasteiger partial charge >= 0.3 is 5.97 Å². The average molecular weight is 321 g/mol. The van der Waals surface area contributed by atoms with E-state index in [0.717, 1.165) is 6.42 Å². The molecule has 0 aliphatic rings. The SMILES string of the molecule is CC(C)CC(C)OCCC(=O)Nc1ccc(C(C)C(=O)O)cc1. The van der Waals surface area contributed by atoms with Crippen LogP contribution >= 0.6 is 0 Å². The Morgan fingerprint density at radius 3 is 2.26 bits per heavy atom. The predicted octanol–water partition coefficient (Wildman–Crippen LogP) is 3.65. The van der Waals surface area contributed by atoms with Gasteiger partial charge in [-0.1, -0.05) is 26.0 Å². The highest BCUT2D eigenvalue weighted by Crippen LogP contribution is 2.18. The number of anilines is 1. The van der Waals surface area contributed by atoms with Crippen LogP contribution in [-0.2, 0) is 14.3 Å². The molecule has 5 nitrogen and oxygen atoms in total. The second-order valence-electron chi connectivity index (χ2n) is 6.29. The number of hydrogen-bond acceptors (Lipinski definition) is 3. The van der Waals surface area contributed by atoms with Crippen LogP contribution in [-0.4, -0.2) is 29.7 Å². The molecule has 0 bridgehead atoms. The third-order valence-corrected chi connectivity index (χ3v) is 3.60. The molecule has 1 amide bonds. The van der Waals surface area contributed by atoms with E-state index >= 15 is 0 Å². The maximum absolute atomic E-state index is 11.9. The van der Waals surface area contributed by atoms with Crippen LogP contribution in [0.25, 0.3) is 0 Å². The number of carboxylic acid groups (broad SMARTS) is 1. The first-order valence-corrected chi connectivity index (χ1v) is 8.03. The summed E-state index contributed by atoms with van der Waals surface area (Å²) in [7, 11) is 0. The Labute approximate surface area is 138 Å². The van der Waals surface area contributed by atoms with Crippen LogP contribution in [0.15, 0.2) is 24.3 Å². The predicted molar refractivity (Wildman–Crippen MR) is 90.6 cm³/mol. The third kappa shape index (κ3) is 7.28. The van der Waals surface area contributed by atoms with Crippen molar-refractivity contribution < 1.29 is 19.4 Å². The molecular formula is C18H27NO4. The zero-order valence-electron chi connectivity index (χ0n) is 14.3. The van der Waals surface area contributed by atoms with Crippen LogP contribution in [0.3, 0.4) is 0 Å². The van der Waals surface area contributed by atoms with Crippen molar-refractivity contribution in [1.29, 1.82) is 0 Å². The molecule has 0 saturated carbocycles. The fourth-order valence-corrected chi connectivity index (χ4v) is 2.31. The van der Waals surface area contributed by atoms with Crippen LogP contribution in [0.2, 0.25) is 0 Å². The number of benzene rings is 1. The van der Waals surface area contributed by atoms with E-state index in [1.54, 1.807) is 31.2 Å². The maximum Gasteiger partial charge on any atom is 0.310 e.